The molecule has 0 bridgehead atoms. The summed E-state index contributed by atoms with van der Waals surface area (Å²) in [6.45, 7) is 7.59. The summed E-state index contributed by atoms with van der Waals surface area (Å²) in [5, 5.41) is 3.36. The molecule has 3 nitrogen and oxygen atoms in total. The Morgan fingerprint density at radius 1 is 1.38 bits per heavy atom. The van der Waals surface area contributed by atoms with Gasteiger partial charge in [0, 0.05) is 19.6 Å². The predicted octanol–water partition coefficient (Wildman–Crippen LogP) is 3.14. The van der Waals surface area contributed by atoms with Gasteiger partial charge in [0.25, 0.3) is 0 Å². The van der Waals surface area contributed by atoms with E-state index in [0.717, 1.165) is 25.1 Å². The monoisotopic (exact) mass is 221 g/mol. The van der Waals surface area contributed by atoms with Gasteiger partial charge in [0.05, 0.1) is 23.8 Å². The lowest BCUT2D eigenvalue weighted by molar-refractivity contribution is 0.663. The van der Waals surface area contributed by atoms with E-state index in [2.05, 4.69) is 49.1 Å². The summed E-state index contributed by atoms with van der Waals surface area (Å²) in [4.78, 5) is 6.54. The average molecular weight is 221 g/mol. The molecule has 0 spiro atoms. The van der Waals surface area contributed by atoms with Crippen molar-refractivity contribution in [3.63, 3.8) is 0 Å². The Morgan fingerprint density at radius 3 is 2.75 bits per heavy atom. The first-order chi connectivity index (χ1) is 7.69. The molecule has 0 aliphatic rings. The molecule has 0 saturated carbocycles. The zero-order valence-electron chi connectivity index (χ0n) is 10.8. The first-order valence-electron chi connectivity index (χ1n) is 6.10. The third kappa shape index (κ3) is 3.40. The standard InChI is InChI=1S/C13H23N3/c1-5-7-15-12-8-13(10-14-9-12)16(4)11(3)6-2/h8-11,15H,5-7H2,1-4H3. The van der Waals surface area contributed by atoms with E-state index < -0.39 is 0 Å². The minimum Gasteiger partial charge on any atom is -0.384 e. The molecule has 1 aromatic rings. The molecule has 0 aliphatic carbocycles. The predicted molar refractivity (Wildman–Crippen MR) is 71.2 cm³/mol. The number of pyridine rings is 1. The van der Waals surface area contributed by atoms with E-state index >= 15 is 0 Å². The minimum absolute atomic E-state index is 0.545. The fraction of sp³-hybridized carbons (Fsp3) is 0.615. The molecular weight excluding hydrogens is 198 g/mol. The molecule has 1 aromatic heterocycles. The summed E-state index contributed by atoms with van der Waals surface area (Å²) >= 11 is 0. The lowest BCUT2D eigenvalue weighted by atomic mass is 10.2. The van der Waals surface area contributed by atoms with Crippen molar-refractivity contribution >= 4 is 11.4 Å². The van der Waals surface area contributed by atoms with Gasteiger partial charge in [0.1, 0.15) is 0 Å². The molecule has 0 amide bonds. The Balaban J connectivity index is 2.73. The Morgan fingerprint density at radius 2 is 2.12 bits per heavy atom. The Labute approximate surface area is 98.9 Å². The van der Waals surface area contributed by atoms with E-state index in [1.54, 1.807) is 0 Å². The quantitative estimate of drug-likeness (QED) is 0.800. The smallest absolute Gasteiger partial charge is 0.0573 e. The summed E-state index contributed by atoms with van der Waals surface area (Å²) in [5.41, 5.74) is 2.28. The van der Waals surface area contributed by atoms with Crippen LogP contribution >= 0.6 is 0 Å². The lowest BCUT2D eigenvalue weighted by Crippen LogP contribution is -2.28. The number of nitrogens with one attached hydrogen (secondary N) is 1. The highest BCUT2D eigenvalue weighted by atomic mass is 15.1. The van der Waals surface area contributed by atoms with Crippen molar-refractivity contribution in [3.05, 3.63) is 18.5 Å². The van der Waals surface area contributed by atoms with Gasteiger partial charge in [-0.05, 0) is 25.8 Å². The SMILES string of the molecule is CCCNc1cncc(N(C)C(C)CC)c1. The highest BCUT2D eigenvalue weighted by Gasteiger charge is 2.08. The van der Waals surface area contributed by atoms with E-state index in [1.807, 2.05) is 12.4 Å². The summed E-state index contributed by atoms with van der Waals surface area (Å²) < 4.78 is 0. The molecule has 90 valence electrons. The van der Waals surface area contributed by atoms with E-state index in [9.17, 15) is 0 Å². The second kappa shape index (κ2) is 6.36. The van der Waals surface area contributed by atoms with Crippen molar-refractivity contribution in [2.24, 2.45) is 0 Å². The number of hydrogen-bond acceptors (Lipinski definition) is 3. The van der Waals surface area contributed by atoms with Crippen LogP contribution < -0.4 is 10.2 Å². The highest BCUT2D eigenvalue weighted by Crippen LogP contribution is 2.19. The van der Waals surface area contributed by atoms with E-state index in [1.165, 1.54) is 5.69 Å². The number of hydrogen-bond donors (Lipinski definition) is 1. The highest BCUT2D eigenvalue weighted by molar-refractivity contribution is 5.55. The molecular formula is C13H23N3. The second-order valence-electron chi connectivity index (χ2n) is 4.23. The third-order valence-electron chi connectivity index (χ3n) is 2.96. The molecule has 16 heavy (non-hydrogen) atoms. The topological polar surface area (TPSA) is 28.2 Å². The van der Waals surface area contributed by atoms with Crippen LogP contribution in [-0.4, -0.2) is 24.6 Å². The largest absolute Gasteiger partial charge is 0.384 e. The van der Waals surface area contributed by atoms with Gasteiger partial charge in [0.2, 0.25) is 0 Å². The molecule has 1 heterocycles. The maximum atomic E-state index is 4.27. The molecule has 3 heteroatoms. The average Bonchev–Trinajstić information content (AvgIpc) is 2.34. The molecule has 0 aromatic carbocycles. The van der Waals surface area contributed by atoms with Crippen LogP contribution in [0.3, 0.4) is 0 Å². The van der Waals surface area contributed by atoms with Crippen LogP contribution in [0, 0.1) is 0 Å². The number of nitrogens with zero attached hydrogens (tertiary/aromatic N) is 2. The van der Waals surface area contributed by atoms with Crippen LogP contribution in [-0.2, 0) is 0 Å². The molecule has 1 unspecified atom stereocenters. The van der Waals surface area contributed by atoms with Crippen molar-refractivity contribution in [1.82, 2.24) is 4.98 Å². The van der Waals surface area contributed by atoms with Crippen molar-refractivity contribution in [2.45, 2.75) is 39.7 Å². The van der Waals surface area contributed by atoms with Crippen molar-refractivity contribution in [2.75, 3.05) is 23.8 Å². The summed E-state index contributed by atoms with van der Waals surface area (Å²) in [6, 6.07) is 2.71. The van der Waals surface area contributed by atoms with Gasteiger partial charge >= 0.3 is 0 Å². The lowest BCUT2D eigenvalue weighted by Gasteiger charge is -2.26. The summed E-state index contributed by atoms with van der Waals surface area (Å²) in [7, 11) is 2.12. The number of anilines is 2. The Bertz CT molecular complexity index is 312. The molecule has 0 fully saturated rings. The van der Waals surface area contributed by atoms with Gasteiger partial charge in [-0.1, -0.05) is 13.8 Å². The Kier molecular flexibility index (Phi) is 5.09. The second-order valence-corrected chi connectivity index (χ2v) is 4.23. The van der Waals surface area contributed by atoms with Gasteiger partial charge in [0.15, 0.2) is 0 Å². The van der Waals surface area contributed by atoms with Gasteiger partial charge in [-0.15, -0.1) is 0 Å². The maximum absolute atomic E-state index is 4.27. The van der Waals surface area contributed by atoms with Crippen molar-refractivity contribution in [3.8, 4) is 0 Å². The van der Waals surface area contributed by atoms with Crippen LogP contribution in [0.2, 0.25) is 0 Å². The van der Waals surface area contributed by atoms with Crippen LogP contribution in [0.15, 0.2) is 18.5 Å². The first-order valence-corrected chi connectivity index (χ1v) is 6.10. The van der Waals surface area contributed by atoms with E-state index in [0.29, 0.717) is 6.04 Å². The zero-order chi connectivity index (χ0) is 12.0. The van der Waals surface area contributed by atoms with Gasteiger partial charge in [-0.3, -0.25) is 4.98 Å². The van der Waals surface area contributed by atoms with E-state index in [4.69, 9.17) is 0 Å². The van der Waals surface area contributed by atoms with Gasteiger partial charge < -0.3 is 10.2 Å². The minimum atomic E-state index is 0.545. The van der Waals surface area contributed by atoms with Gasteiger partial charge in [-0.25, -0.2) is 0 Å². The molecule has 0 aliphatic heterocycles. The molecule has 1 atom stereocenters. The first kappa shape index (κ1) is 12.8. The fourth-order valence-corrected chi connectivity index (χ4v) is 1.52. The molecule has 1 N–H and O–H groups in total. The zero-order valence-corrected chi connectivity index (χ0v) is 10.8. The number of rotatable bonds is 6. The number of aromatic nitrogens is 1. The van der Waals surface area contributed by atoms with Crippen LogP contribution in [0.25, 0.3) is 0 Å². The van der Waals surface area contributed by atoms with Crippen molar-refractivity contribution < 1.29 is 0 Å². The fourth-order valence-electron chi connectivity index (χ4n) is 1.52. The van der Waals surface area contributed by atoms with Crippen molar-refractivity contribution in [1.29, 1.82) is 0 Å². The molecule has 0 radical (unpaired) electrons. The Hall–Kier alpha value is -1.25. The third-order valence-corrected chi connectivity index (χ3v) is 2.96. The normalized spacial score (nSPS) is 12.2. The van der Waals surface area contributed by atoms with E-state index in [-0.39, 0.29) is 0 Å². The maximum Gasteiger partial charge on any atom is 0.0573 e. The van der Waals surface area contributed by atoms with Gasteiger partial charge in [-0.2, -0.15) is 0 Å². The molecule has 0 saturated heterocycles. The van der Waals surface area contributed by atoms with Crippen LogP contribution in [0.1, 0.15) is 33.6 Å². The van der Waals surface area contributed by atoms with Crippen LogP contribution in [0.4, 0.5) is 11.4 Å². The summed E-state index contributed by atoms with van der Waals surface area (Å²) in [5.74, 6) is 0. The summed E-state index contributed by atoms with van der Waals surface area (Å²) in [6.07, 6.45) is 6.07. The molecule has 1 rings (SSSR count). The van der Waals surface area contributed by atoms with Crippen LogP contribution in [0.5, 0.6) is 0 Å².